The summed E-state index contributed by atoms with van der Waals surface area (Å²) < 4.78 is 29.6. The fraction of sp³-hybridized carbons (Fsp3) is 0.455. The lowest BCUT2D eigenvalue weighted by Crippen LogP contribution is -2.57. The van der Waals surface area contributed by atoms with E-state index < -0.39 is 0 Å². The van der Waals surface area contributed by atoms with E-state index in [0.29, 0.717) is 46.2 Å². The second-order valence-electron chi connectivity index (χ2n) is 18.4. The van der Waals surface area contributed by atoms with E-state index in [4.69, 9.17) is 18.9 Å². The Labute approximate surface area is 385 Å². The van der Waals surface area contributed by atoms with Crippen molar-refractivity contribution in [2.24, 2.45) is 0 Å². The van der Waals surface area contributed by atoms with Gasteiger partial charge >= 0.3 is 11.9 Å². The summed E-state index contributed by atoms with van der Waals surface area (Å²) in [6.07, 6.45) is 4.73. The minimum Gasteiger partial charge on any atom is -0.376 e. The van der Waals surface area contributed by atoms with Crippen LogP contribution in [0.4, 0.5) is 0 Å². The Hall–Kier alpha value is -5.26. The zero-order valence-electron chi connectivity index (χ0n) is 38.5. The molecular formula is C55H68N6O4+2. The van der Waals surface area contributed by atoms with Crippen molar-refractivity contribution in [1.29, 1.82) is 0 Å². The topological polar surface area (TPSA) is 55.9 Å². The van der Waals surface area contributed by atoms with Crippen LogP contribution < -0.4 is 0 Å². The number of ether oxygens (including phenoxy) is 4. The van der Waals surface area contributed by atoms with Crippen molar-refractivity contribution in [3.05, 3.63) is 120 Å². The van der Waals surface area contributed by atoms with E-state index in [1.807, 2.05) is 0 Å². The molecule has 10 rings (SSSR count). The van der Waals surface area contributed by atoms with Gasteiger partial charge in [0.1, 0.15) is 0 Å². The zero-order chi connectivity index (χ0) is 43.8. The van der Waals surface area contributed by atoms with E-state index in [2.05, 4.69) is 145 Å². The van der Waals surface area contributed by atoms with Crippen LogP contribution in [-0.4, -0.2) is 158 Å². The SMILES string of the molecule is CC(COCCOCCN1CCC[N+]2=C1N(Cc1c3ccccc3cc3ccccc13)CCC2)OCCOCCN1CCC[N+]2=C1N(Cc1c3ccccc3cc3ccccc13)CCC2. The number of benzene rings is 6. The normalized spacial score (nSPS) is 17.5. The predicted molar refractivity (Wildman–Crippen MR) is 263 cm³/mol. The maximum atomic E-state index is 6.17. The number of fused-ring (bicyclic) bond motifs is 4. The molecule has 0 aliphatic carbocycles. The largest absolute Gasteiger partial charge is 0.376 e. The lowest BCUT2D eigenvalue weighted by atomic mass is 9.96. The highest BCUT2D eigenvalue weighted by atomic mass is 16.6. The Morgan fingerprint density at radius 2 is 0.815 bits per heavy atom. The van der Waals surface area contributed by atoms with E-state index in [-0.39, 0.29) is 6.10 Å². The lowest BCUT2D eigenvalue weighted by Gasteiger charge is -2.37. The Bertz CT molecular complexity index is 2530. The minimum absolute atomic E-state index is 0.00220. The lowest BCUT2D eigenvalue weighted by molar-refractivity contribution is -0.550. The summed E-state index contributed by atoms with van der Waals surface area (Å²) >= 11 is 0. The first kappa shape index (κ1) is 43.6. The predicted octanol–water partition coefficient (Wildman–Crippen LogP) is 8.01. The Balaban J connectivity index is 0.638. The highest BCUT2D eigenvalue weighted by Crippen LogP contribution is 2.32. The molecule has 0 N–H and O–H groups in total. The molecular weight excluding hydrogens is 809 g/mol. The Kier molecular flexibility index (Phi) is 14.0. The van der Waals surface area contributed by atoms with Crippen LogP contribution in [0.5, 0.6) is 0 Å². The quantitative estimate of drug-likeness (QED) is 0.0462. The number of rotatable bonds is 19. The third-order valence-electron chi connectivity index (χ3n) is 14.0. The van der Waals surface area contributed by atoms with Crippen LogP contribution in [0, 0.1) is 0 Å². The van der Waals surface area contributed by atoms with E-state index >= 15 is 0 Å². The summed E-state index contributed by atoms with van der Waals surface area (Å²) in [6, 6.07) is 40.2. The van der Waals surface area contributed by atoms with Crippen LogP contribution in [-0.2, 0) is 32.0 Å². The van der Waals surface area contributed by atoms with Crippen molar-refractivity contribution in [3.8, 4) is 0 Å². The number of guanidine groups is 2. The molecule has 4 heterocycles. The van der Waals surface area contributed by atoms with Gasteiger partial charge in [-0.15, -0.1) is 0 Å². The molecule has 0 radical (unpaired) electrons. The minimum atomic E-state index is -0.00220. The van der Waals surface area contributed by atoms with Gasteiger partial charge in [-0.2, -0.15) is 0 Å². The van der Waals surface area contributed by atoms with Crippen molar-refractivity contribution in [1.82, 2.24) is 19.6 Å². The van der Waals surface area contributed by atoms with Crippen molar-refractivity contribution < 1.29 is 28.1 Å². The second kappa shape index (κ2) is 20.9. The highest BCUT2D eigenvalue weighted by Gasteiger charge is 2.37. The van der Waals surface area contributed by atoms with Crippen LogP contribution >= 0.6 is 0 Å². The maximum absolute atomic E-state index is 6.17. The van der Waals surface area contributed by atoms with Crippen LogP contribution in [0.3, 0.4) is 0 Å². The third kappa shape index (κ3) is 9.97. The van der Waals surface area contributed by atoms with Gasteiger partial charge in [0.25, 0.3) is 0 Å². The number of hydrogen-bond acceptors (Lipinski definition) is 8. The fourth-order valence-corrected chi connectivity index (χ4v) is 11.0. The molecule has 65 heavy (non-hydrogen) atoms. The molecule has 10 nitrogen and oxygen atoms in total. The molecule has 1 atom stereocenters. The summed E-state index contributed by atoms with van der Waals surface area (Å²) in [7, 11) is 0. The first-order chi connectivity index (χ1) is 32.2. The van der Waals surface area contributed by atoms with E-state index in [9.17, 15) is 0 Å². The molecule has 0 aromatic heterocycles. The highest BCUT2D eigenvalue weighted by molar-refractivity contribution is 6.03. The van der Waals surface area contributed by atoms with Crippen molar-refractivity contribution in [3.63, 3.8) is 0 Å². The van der Waals surface area contributed by atoms with Crippen LogP contribution in [0.15, 0.2) is 109 Å². The van der Waals surface area contributed by atoms with Gasteiger partial charge in [-0.25, -0.2) is 0 Å². The molecule has 1 unspecified atom stereocenters. The third-order valence-corrected chi connectivity index (χ3v) is 14.0. The maximum Gasteiger partial charge on any atom is 0.350 e. The van der Waals surface area contributed by atoms with Crippen LogP contribution in [0.25, 0.3) is 43.1 Å². The summed E-state index contributed by atoms with van der Waals surface area (Å²) in [5, 5.41) is 10.7. The molecule has 0 amide bonds. The van der Waals surface area contributed by atoms with Crippen LogP contribution in [0.2, 0.25) is 0 Å². The van der Waals surface area contributed by atoms with Gasteiger partial charge in [0.15, 0.2) is 0 Å². The van der Waals surface area contributed by atoms with Gasteiger partial charge in [0.05, 0.1) is 131 Å². The summed E-state index contributed by atoms with van der Waals surface area (Å²) in [5.74, 6) is 2.76. The zero-order valence-corrected chi connectivity index (χ0v) is 38.5. The van der Waals surface area contributed by atoms with Gasteiger partial charge in [-0.3, -0.25) is 28.8 Å². The molecule has 0 spiro atoms. The van der Waals surface area contributed by atoms with Crippen molar-refractivity contribution in [2.45, 2.75) is 51.8 Å². The average Bonchev–Trinajstić information content (AvgIpc) is 3.34. The van der Waals surface area contributed by atoms with Gasteiger partial charge in [-0.05, 0) is 62.1 Å². The molecule has 6 aromatic carbocycles. The molecule has 4 aliphatic heterocycles. The van der Waals surface area contributed by atoms with E-state index in [1.54, 1.807) is 0 Å². The van der Waals surface area contributed by atoms with E-state index in [0.717, 1.165) is 78.5 Å². The Morgan fingerprint density at radius 1 is 0.446 bits per heavy atom. The van der Waals surface area contributed by atoms with Gasteiger partial charge in [-0.1, -0.05) is 97.1 Å². The molecule has 0 saturated heterocycles. The number of nitrogens with zero attached hydrogens (tertiary/aromatic N) is 6. The Morgan fingerprint density at radius 3 is 1.25 bits per heavy atom. The smallest absolute Gasteiger partial charge is 0.350 e. The molecule has 0 fully saturated rings. The summed E-state index contributed by atoms with van der Waals surface area (Å²) in [5.41, 5.74) is 2.85. The molecule has 0 bridgehead atoms. The molecule has 0 saturated carbocycles. The second-order valence-corrected chi connectivity index (χ2v) is 18.4. The number of hydrogen-bond donors (Lipinski definition) is 0. The van der Waals surface area contributed by atoms with Crippen molar-refractivity contribution in [2.75, 3.05) is 112 Å². The fourth-order valence-electron chi connectivity index (χ4n) is 11.0. The van der Waals surface area contributed by atoms with E-state index in [1.165, 1.54) is 91.8 Å². The molecule has 6 aromatic rings. The summed E-state index contributed by atoms with van der Waals surface area (Å²) in [6.45, 7) is 18.6. The monoisotopic (exact) mass is 877 g/mol. The molecule has 10 heteroatoms. The average molecular weight is 877 g/mol. The van der Waals surface area contributed by atoms with Crippen molar-refractivity contribution >= 4 is 55.0 Å². The molecule has 4 aliphatic rings. The first-order valence-electron chi connectivity index (χ1n) is 24.5. The van der Waals surface area contributed by atoms with Gasteiger partial charge in [0, 0.05) is 36.8 Å². The first-order valence-corrected chi connectivity index (χ1v) is 24.5. The van der Waals surface area contributed by atoms with Gasteiger partial charge in [0.2, 0.25) is 0 Å². The summed E-state index contributed by atoms with van der Waals surface area (Å²) in [4.78, 5) is 10.4. The molecule has 340 valence electrons. The van der Waals surface area contributed by atoms with Gasteiger partial charge < -0.3 is 18.9 Å². The van der Waals surface area contributed by atoms with Crippen LogP contribution in [0.1, 0.15) is 43.7 Å². The standard InChI is InChI=1S/C55H68N6O4/c1-43(65-37-36-63-33-31-59-27-11-23-57-25-13-29-61(55(57)59)41-53-50-20-8-4-16-46(50)39-47-17-5-9-21-51(47)53)42-64-35-34-62-32-30-58-26-10-22-56-24-12-28-60(54(56)58)40-52-48-18-6-2-14-44(48)38-45-15-3-7-19-49(45)52/h2-9,14-21,38-39,43H,10-13,22-37,40-42H2,1H3/q+2.